The van der Waals surface area contributed by atoms with E-state index in [4.69, 9.17) is 4.74 Å². The SMILES string of the molecule is O=C(NN=Cc1c(OCc2cccc(Br)c2)ccc2ccccc12)C(=O)Nc1ccccc1. The van der Waals surface area contributed by atoms with Gasteiger partial charge >= 0.3 is 11.8 Å². The van der Waals surface area contributed by atoms with Gasteiger partial charge in [-0.25, -0.2) is 5.43 Å². The largest absolute Gasteiger partial charge is 0.488 e. The summed E-state index contributed by atoms with van der Waals surface area (Å²) >= 11 is 3.47. The van der Waals surface area contributed by atoms with Gasteiger partial charge in [-0.05, 0) is 46.7 Å². The minimum Gasteiger partial charge on any atom is -0.488 e. The van der Waals surface area contributed by atoms with Crippen molar-refractivity contribution in [1.29, 1.82) is 0 Å². The molecule has 0 aliphatic rings. The topological polar surface area (TPSA) is 79.8 Å². The molecule has 2 N–H and O–H groups in total. The molecular formula is C26H20BrN3O3. The Morgan fingerprint density at radius 2 is 1.67 bits per heavy atom. The van der Waals surface area contributed by atoms with Crippen molar-refractivity contribution < 1.29 is 14.3 Å². The van der Waals surface area contributed by atoms with Crippen LogP contribution >= 0.6 is 15.9 Å². The maximum atomic E-state index is 12.2. The van der Waals surface area contributed by atoms with E-state index in [2.05, 4.69) is 31.8 Å². The lowest BCUT2D eigenvalue weighted by atomic mass is 10.0. The molecule has 6 nitrogen and oxygen atoms in total. The van der Waals surface area contributed by atoms with Crippen molar-refractivity contribution in [3.8, 4) is 5.75 Å². The number of para-hydroxylation sites is 1. The number of amides is 2. The van der Waals surface area contributed by atoms with Crippen LogP contribution in [0, 0.1) is 0 Å². The van der Waals surface area contributed by atoms with E-state index in [1.807, 2.05) is 66.7 Å². The maximum absolute atomic E-state index is 12.2. The Balaban J connectivity index is 1.51. The van der Waals surface area contributed by atoms with Gasteiger partial charge in [0.1, 0.15) is 12.4 Å². The van der Waals surface area contributed by atoms with E-state index in [1.54, 1.807) is 24.3 Å². The van der Waals surface area contributed by atoms with E-state index < -0.39 is 11.8 Å². The maximum Gasteiger partial charge on any atom is 0.329 e. The number of anilines is 1. The molecule has 0 saturated carbocycles. The fraction of sp³-hybridized carbons (Fsp3) is 0.0385. The van der Waals surface area contributed by atoms with Crippen LogP contribution < -0.4 is 15.5 Å². The van der Waals surface area contributed by atoms with Crippen LogP contribution in [0.1, 0.15) is 11.1 Å². The standard InChI is InChI=1S/C26H20BrN3O3/c27-20-9-6-7-18(15-20)17-33-24-14-13-19-8-4-5-12-22(19)23(24)16-28-30-26(32)25(31)29-21-10-2-1-3-11-21/h1-16H,17H2,(H,29,31)(H,30,32). The van der Waals surface area contributed by atoms with E-state index in [9.17, 15) is 9.59 Å². The molecule has 0 fully saturated rings. The van der Waals surface area contributed by atoms with E-state index in [0.717, 1.165) is 20.8 Å². The average Bonchev–Trinajstić information content (AvgIpc) is 2.84. The molecule has 2 amide bonds. The van der Waals surface area contributed by atoms with Crippen molar-refractivity contribution in [2.45, 2.75) is 6.61 Å². The molecule has 164 valence electrons. The van der Waals surface area contributed by atoms with Crippen molar-refractivity contribution in [3.63, 3.8) is 0 Å². The van der Waals surface area contributed by atoms with Crippen molar-refractivity contribution in [2.75, 3.05) is 5.32 Å². The molecule has 0 saturated heterocycles. The van der Waals surface area contributed by atoms with Crippen LogP contribution in [-0.4, -0.2) is 18.0 Å². The van der Waals surface area contributed by atoms with Gasteiger partial charge in [-0.1, -0.05) is 76.6 Å². The highest BCUT2D eigenvalue weighted by Gasteiger charge is 2.13. The van der Waals surface area contributed by atoms with E-state index in [0.29, 0.717) is 23.6 Å². The molecule has 4 aromatic carbocycles. The van der Waals surface area contributed by atoms with E-state index in [-0.39, 0.29) is 0 Å². The number of carbonyl (C=O) groups excluding carboxylic acids is 2. The first kappa shape index (κ1) is 22.2. The van der Waals surface area contributed by atoms with Crippen LogP contribution in [0.4, 0.5) is 5.69 Å². The highest BCUT2D eigenvalue weighted by molar-refractivity contribution is 9.10. The summed E-state index contributed by atoms with van der Waals surface area (Å²) in [5.74, 6) is -1.06. The number of fused-ring (bicyclic) bond motifs is 1. The average molecular weight is 502 g/mol. The van der Waals surface area contributed by atoms with Crippen molar-refractivity contribution in [1.82, 2.24) is 5.43 Å². The van der Waals surface area contributed by atoms with Crippen molar-refractivity contribution >= 4 is 50.4 Å². The highest BCUT2D eigenvalue weighted by Crippen LogP contribution is 2.27. The minimum atomic E-state index is -0.869. The fourth-order valence-corrected chi connectivity index (χ4v) is 3.68. The molecule has 0 aromatic heterocycles. The molecule has 33 heavy (non-hydrogen) atoms. The van der Waals surface area contributed by atoms with Crippen LogP contribution in [0.2, 0.25) is 0 Å². The molecule has 0 bridgehead atoms. The zero-order valence-electron chi connectivity index (χ0n) is 17.5. The van der Waals surface area contributed by atoms with Crippen molar-refractivity contribution in [2.24, 2.45) is 5.10 Å². The summed E-state index contributed by atoms with van der Waals surface area (Å²) in [5, 5.41) is 8.45. The van der Waals surface area contributed by atoms with Crippen LogP contribution in [0.3, 0.4) is 0 Å². The lowest BCUT2D eigenvalue weighted by Gasteiger charge is -2.12. The normalized spacial score (nSPS) is 10.8. The van der Waals surface area contributed by atoms with Gasteiger partial charge in [-0.3, -0.25) is 9.59 Å². The van der Waals surface area contributed by atoms with E-state index >= 15 is 0 Å². The van der Waals surface area contributed by atoms with Gasteiger partial charge in [0.15, 0.2) is 0 Å². The third kappa shape index (κ3) is 5.84. The van der Waals surface area contributed by atoms with Gasteiger partial charge in [0.25, 0.3) is 0 Å². The molecule has 7 heteroatoms. The summed E-state index contributed by atoms with van der Waals surface area (Å²) in [5.41, 5.74) is 4.51. The summed E-state index contributed by atoms with van der Waals surface area (Å²) in [6.07, 6.45) is 1.49. The van der Waals surface area contributed by atoms with Crippen molar-refractivity contribution in [3.05, 3.63) is 107 Å². The summed E-state index contributed by atoms with van der Waals surface area (Å²) in [6, 6.07) is 28.2. The zero-order valence-corrected chi connectivity index (χ0v) is 19.1. The third-order valence-electron chi connectivity index (χ3n) is 4.81. The number of nitrogens with one attached hydrogen (secondary N) is 2. The number of hydrogen-bond donors (Lipinski definition) is 2. The lowest BCUT2D eigenvalue weighted by Crippen LogP contribution is -2.32. The Hall–Kier alpha value is -3.97. The van der Waals surface area contributed by atoms with Gasteiger partial charge in [0.2, 0.25) is 0 Å². The fourth-order valence-electron chi connectivity index (χ4n) is 3.24. The summed E-state index contributed by atoms with van der Waals surface area (Å²) in [7, 11) is 0. The Morgan fingerprint density at radius 1 is 0.879 bits per heavy atom. The molecule has 4 rings (SSSR count). The number of carbonyl (C=O) groups is 2. The van der Waals surface area contributed by atoms with Crippen LogP contribution in [-0.2, 0) is 16.2 Å². The number of benzene rings is 4. The van der Waals surface area contributed by atoms with Gasteiger partial charge in [-0.2, -0.15) is 5.10 Å². The molecule has 0 atom stereocenters. The number of nitrogens with zero attached hydrogens (tertiary/aromatic N) is 1. The predicted molar refractivity (Wildman–Crippen MR) is 133 cm³/mol. The minimum absolute atomic E-state index is 0.366. The predicted octanol–water partition coefficient (Wildman–Crippen LogP) is 5.27. The Bertz CT molecular complexity index is 1320. The second-order valence-corrected chi connectivity index (χ2v) is 8.05. The molecule has 0 radical (unpaired) electrons. The second-order valence-electron chi connectivity index (χ2n) is 7.14. The van der Waals surface area contributed by atoms with Gasteiger partial charge < -0.3 is 10.1 Å². The third-order valence-corrected chi connectivity index (χ3v) is 5.30. The molecule has 0 aliphatic heterocycles. The summed E-state index contributed by atoms with van der Waals surface area (Å²) in [6.45, 7) is 0.366. The first-order valence-corrected chi connectivity index (χ1v) is 11.0. The van der Waals surface area contributed by atoms with Crippen LogP contribution in [0.5, 0.6) is 5.75 Å². The van der Waals surface area contributed by atoms with Gasteiger partial charge in [0, 0.05) is 15.7 Å². The molecular weight excluding hydrogens is 482 g/mol. The quantitative estimate of drug-likeness (QED) is 0.214. The Morgan fingerprint density at radius 3 is 2.48 bits per heavy atom. The van der Waals surface area contributed by atoms with Crippen LogP contribution in [0.25, 0.3) is 10.8 Å². The number of rotatable bonds is 6. The molecule has 0 heterocycles. The first-order chi connectivity index (χ1) is 16.1. The Labute approximate surface area is 199 Å². The lowest BCUT2D eigenvalue weighted by molar-refractivity contribution is -0.136. The summed E-state index contributed by atoms with van der Waals surface area (Å²) < 4.78 is 7.04. The number of ether oxygens (including phenoxy) is 1. The second kappa shape index (κ2) is 10.6. The molecule has 0 spiro atoms. The smallest absolute Gasteiger partial charge is 0.329 e. The van der Waals surface area contributed by atoms with E-state index in [1.165, 1.54) is 6.21 Å². The monoisotopic (exact) mass is 501 g/mol. The number of hydrazone groups is 1. The van der Waals surface area contributed by atoms with Gasteiger partial charge in [-0.15, -0.1) is 0 Å². The van der Waals surface area contributed by atoms with Crippen LogP contribution in [0.15, 0.2) is 101 Å². The molecule has 4 aromatic rings. The summed E-state index contributed by atoms with van der Waals surface area (Å²) in [4.78, 5) is 24.3. The molecule has 0 unspecified atom stereocenters. The zero-order chi connectivity index (χ0) is 23.0. The molecule has 0 aliphatic carbocycles. The number of hydrogen-bond acceptors (Lipinski definition) is 4. The Kier molecular flexibility index (Phi) is 7.12. The highest BCUT2D eigenvalue weighted by atomic mass is 79.9. The number of halogens is 1. The first-order valence-electron chi connectivity index (χ1n) is 10.2. The van der Waals surface area contributed by atoms with Gasteiger partial charge in [0.05, 0.1) is 6.21 Å².